The maximum absolute atomic E-state index is 12.9. The van der Waals surface area contributed by atoms with Crippen molar-refractivity contribution in [2.45, 2.75) is 19.9 Å². The molecule has 7 nitrogen and oxygen atoms in total. The highest BCUT2D eigenvalue weighted by Crippen LogP contribution is 2.39. The normalized spacial score (nSPS) is 18.3. The lowest BCUT2D eigenvalue weighted by Gasteiger charge is -2.26. The van der Waals surface area contributed by atoms with Crippen molar-refractivity contribution in [3.8, 4) is 5.75 Å². The van der Waals surface area contributed by atoms with E-state index in [1.165, 1.54) is 4.90 Å². The van der Waals surface area contributed by atoms with Gasteiger partial charge in [0.2, 0.25) is 0 Å². The molecule has 1 amide bonds. The molecule has 1 aromatic carbocycles. The van der Waals surface area contributed by atoms with Crippen LogP contribution in [0.1, 0.15) is 31.0 Å². The fourth-order valence-corrected chi connectivity index (χ4v) is 3.44. The summed E-state index contributed by atoms with van der Waals surface area (Å²) in [5.74, 6) is -0.405. The van der Waals surface area contributed by atoms with E-state index in [1.807, 2.05) is 19.0 Å². The minimum Gasteiger partial charge on any atom is -0.507 e. The number of likely N-dealkylation sites (tertiary alicyclic amines) is 1. The van der Waals surface area contributed by atoms with E-state index in [0.29, 0.717) is 36.9 Å². The Kier molecular flexibility index (Phi) is 7.07. The van der Waals surface area contributed by atoms with Crippen molar-refractivity contribution in [3.63, 3.8) is 0 Å². The lowest BCUT2D eigenvalue weighted by Crippen LogP contribution is -2.35. The van der Waals surface area contributed by atoms with Crippen molar-refractivity contribution in [2.75, 3.05) is 33.8 Å². The van der Waals surface area contributed by atoms with Gasteiger partial charge in [0.1, 0.15) is 11.5 Å². The zero-order valence-electron chi connectivity index (χ0n) is 18.4. The highest BCUT2D eigenvalue weighted by Gasteiger charge is 2.45. The molecule has 1 aliphatic heterocycles. The number of hydrogen-bond acceptors (Lipinski definition) is 6. The third-order valence-corrected chi connectivity index (χ3v) is 5.06. The standard InChI is InChI=1S/C24H29N3O4/c1-16(2)15-31-19-7-5-18(6-8-19)22(28)20-21(17-9-11-25-12-10-17)27(14-13-26(3)4)24(30)23(20)29/h5-12,16,21,28H,13-15H2,1-4H3/b22-20+/t21-/m0/s1. The minimum absolute atomic E-state index is 0.0887. The summed E-state index contributed by atoms with van der Waals surface area (Å²) >= 11 is 0. The third kappa shape index (κ3) is 5.11. The Labute approximate surface area is 183 Å². The quantitative estimate of drug-likeness (QED) is 0.399. The second-order valence-electron chi connectivity index (χ2n) is 8.31. The van der Waals surface area contributed by atoms with Crippen molar-refractivity contribution in [2.24, 2.45) is 5.92 Å². The molecule has 0 bridgehead atoms. The zero-order valence-corrected chi connectivity index (χ0v) is 18.4. The molecule has 0 spiro atoms. The number of aliphatic hydroxyl groups excluding tert-OH is 1. The van der Waals surface area contributed by atoms with E-state index in [0.717, 1.165) is 5.56 Å². The molecule has 1 saturated heterocycles. The predicted octanol–water partition coefficient (Wildman–Crippen LogP) is 3.10. The van der Waals surface area contributed by atoms with Gasteiger partial charge >= 0.3 is 0 Å². The SMILES string of the molecule is CC(C)COc1ccc(/C(O)=C2\C(=O)C(=O)N(CCN(C)C)[C@H]2c2ccncc2)cc1. The van der Waals surface area contributed by atoms with Crippen LogP contribution >= 0.6 is 0 Å². The van der Waals surface area contributed by atoms with Gasteiger partial charge in [0.25, 0.3) is 11.7 Å². The Bertz CT molecular complexity index is 953. The summed E-state index contributed by atoms with van der Waals surface area (Å²) in [7, 11) is 3.81. The maximum atomic E-state index is 12.9. The second kappa shape index (κ2) is 9.75. The van der Waals surface area contributed by atoms with Crippen molar-refractivity contribution < 1.29 is 19.4 Å². The molecule has 164 valence electrons. The summed E-state index contributed by atoms with van der Waals surface area (Å²) in [5.41, 5.74) is 1.28. The van der Waals surface area contributed by atoms with E-state index in [4.69, 9.17) is 4.74 Å². The van der Waals surface area contributed by atoms with Crippen LogP contribution in [0.3, 0.4) is 0 Å². The molecular formula is C24H29N3O4. The van der Waals surface area contributed by atoms with Gasteiger partial charge in [-0.3, -0.25) is 14.6 Å². The number of likely N-dealkylation sites (N-methyl/N-ethyl adjacent to an activating group) is 1. The molecule has 31 heavy (non-hydrogen) atoms. The van der Waals surface area contributed by atoms with Crippen LogP contribution in [0.2, 0.25) is 0 Å². The molecule has 0 saturated carbocycles. The topological polar surface area (TPSA) is 83.0 Å². The van der Waals surface area contributed by atoms with Gasteiger partial charge in [0.05, 0.1) is 18.2 Å². The lowest BCUT2D eigenvalue weighted by molar-refractivity contribution is -0.140. The molecular weight excluding hydrogens is 394 g/mol. The van der Waals surface area contributed by atoms with E-state index >= 15 is 0 Å². The van der Waals surface area contributed by atoms with E-state index in [9.17, 15) is 14.7 Å². The Morgan fingerprint density at radius 3 is 2.35 bits per heavy atom. The fourth-order valence-electron chi connectivity index (χ4n) is 3.44. The predicted molar refractivity (Wildman–Crippen MR) is 119 cm³/mol. The average Bonchev–Trinajstić information content (AvgIpc) is 3.01. The van der Waals surface area contributed by atoms with Crippen LogP contribution in [0, 0.1) is 5.92 Å². The minimum atomic E-state index is -0.682. The van der Waals surface area contributed by atoms with Crippen LogP contribution in [-0.2, 0) is 9.59 Å². The molecule has 1 N–H and O–H groups in total. The number of Topliss-reactive ketones (excluding diaryl/α,β-unsaturated/α-hetero) is 1. The molecule has 2 aromatic rings. The molecule has 2 heterocycles. The number of aliphatic hydroxyl groups is 1. The highest BCUT2D eigenvalue weighted by molar-refractivity contribution is 6.46. The average molecular weight is 424 g/mol. The molecule has 1 aromatic heterocycles. The number of benzene rings is 1. The van der Waals surface area contributed by atoms with Gasteiger partial charge in [-0.25, -0.2) is 0 Å². The van der Waals surface area contributed by atoms with Gasteiger partial charge in [0.15, 0.2) is 0 Å². The number of nitrogens with zero attached hydrogens (tertiary/aromatic N) is 3. The number of carbonyl (C=O) groups is 2. The molecule has 0 aliphatic carbocycles. The number of carbonyl (C=O) groups excluding carboxylic acids is 2. The molecule has 1 atom stereocenters. The second-order valence-corrected chi connectivity index (χ2v) is 8.31. The van der Waals surface area contributed by atoms with Gasteiger partial charge in [-0.15, -0.1) is 0 Å². The Morgan fingerprint density at radius 2 is 1.77 bits per heavy atom. The molecule has 7 heteroatoms. The molecule has 0 unspecified atom stereocenters. The Morgan fingerprint density at radius 1 is 1.13 bits per heavy atom. The fraction of sp³-hybridized carbons (Fsp3) is 0.375. The van der Waals surface area contributed by atoms with Gasteiger partial charge in [-0.2, -0.15) is 0 Å². The first-order valence-electron chi connectivity index (χ1n) is 10.4. The molecule has 0 radical (unpaired) electrons. The number of pyridine rings is 1. The van der Waals surface area contributed by atoms with Crippen LogP contribution in [0.15, 0.2) is 54.4 Å². The lowest BCUT2D eigenvalue weighted by atomic mass is 9.96. The Balaban J connectivity index is 2.00. The summed E-state index contributed by atoms with van der Waals surface area (Å²) in [6, 6.07) is 9.75. The van der Waals surface area contributed by atoms with Crippen molar-refractivity contribution >= 4 is 17.4 Å². The van der Waals surface area contributed by atoms with E-state index in [1.54, 1.807) is 48.8 Å². The number of ether oxygens (including phenoxy) is 1. The van der Waals surface area contributed by atoms with Crippen molar-refractivity contribution in [1.82, 2.24) is 14.8 Å². The number of hydrogen-bond donors (Lipinski definition) is 1. The van der Waals surface area contributed by atoms with E-state index < -0.39 is 17.7 Å². The summed E-state index contributed by atoms with van der Waals surface area (Å²) in [6.45, 7) is 5.67. The molecule has 1 aliphatic rings. The van der Waals surface area contributed by atoms with Gasteiger partial charge in [0, 0.05) is 31.0 Å². The van der Waals surface area contributed by atoms with Crippen LogP contribution in [-0.4, -0.2) is 65.4 Å². The summed E-state index contributed by atoms with van der Waals surface area (Å²) < 4.78 is 5.69. The first-order chi connectivity index (χ1) is 14.8. The smallest absolute Gasteiger partial charge is 0.295 e. The summed E-state index contributed by atoms with van der Waals surface area (Å²) in [4.78, 5) is 33.3. The molecule has 1 fully saturated rings. The highest BCUT2D eigenvalue weighted by atomic mass is 16.5. The van der Waals surface area contributed by atoms with Gasteiger partial charge < -0.3 is 19.6 Å². The summed E-state index contributed by atoms with van der Waals surface area (Å²) in [6.07, 6.45) is 3.23. The van der Waals surface area contributed by atoms with E-state index in [2.05, 4.69) is 18.8 Å². The van der Waals surface area contributed by atoms with Crippen molar-refractivity contribution in [1.29, 1.82) is 0 Å². The number of ketones is 1. The Hall–Kier alpha value is -3.19. The number of aromatic nitrogens is 1. The number of amides is 1. The van der Waals surface area contributed by atoms with Crippen LogP contribution in [0.5, 0.6) is 5.75 Å². The van der Waals surface area contributed by atoms with Crippen LogP contribution in [0.4, 0.5) is 0 Å². The largest absolute Gasteiger partial charge is 0.507 e. The molecule has 3 rings (SSSR count). The van der Waals surface area contributed by atoms with Crippen LogP contribution in [0.25, 0.3) is 5.76 Å². The number of rotatable bonds is 8. The van der Waals surface area contributed by atoms with Crippen molar-refractivity contribution in [3.05, 3.63) is 65.5 Å². The van der Waals surface area contributed by atoms with Crippen LogP contribution < -0.4 is 4.74 Å². The third-order valence-electron chi connectivity index (χ3n) is 5.06. The monoisotopic (exact) mass is 423 g/mol. The van der Waals surface area contributed by atoms with Gasteiger partial charge in [-0.05, 0) is 62.0 Å². The first kappa shape index (κ1) is 22.5. The van der Waals surface area contributed by atoms with E-state index in [-0.39, 0.29) is 11.3 Å². The first-order valence-corrected chi connectivity index (χ1v) is 10.4. The maximum Gasteiger partial charge on any atom is 0.295 e. The summed E-state index contributed by atoms with van der Waals surface area (Å²) in [5, 5.41) is 11.1. The van der Waals surface area contributed by atoms with Gasteiger partial charge in [-0.1, -0.05) is 13.8 Å². The zero-order chi connectivity index (χ0) is 22.5.